The van der Waals surface area contributed by atoms with Gasteiger partial charge in [0.25, 0.3) is 5.91 Å². The molecule has 0 radical (unpaired) electrons. The zero-order chi connectivity index (χ0) is 15.6. The summed E-state index contributed by atoms with van der Waals surface area (Å²) in [4.78, 5) is 16.9. The summed E-state index contributed by atoms with van der Waals surface area (Å²) in [5.41, 5.74) is 0.777. The number of allylic oxidation sites excluding steroid dienone is 2. The Hall–Kier alpha value is -2.76. The van der Waals surface area contributed by atoms with Crippen LogP contribution in [0.15, 0.2) is 40.6 Å². The highest BCUT2D eigenvalue weighted by Gasteiger charge is 2.57. The number of amides is 1. The number of nitrogens with zero attached hydrogens (tertiary/aromatic N) is 1. The van der Waals surface area contributed by atoms with E-state index in [0.29, 0.717) is 53.7 Å². The van der Waals surface area contributed by atoms with E-state index in [0.717, 1.165) is 0 Å². The number of carbonyl (C=O) groups is 1. The van der Waals surface area contributed by atoms with Crippen LogP contribution in [0.25, 0.3) is 0 Å². The van der Waals surface area contributed by atoms with Crippen molar-refractivity contribution in [1.82, 2.24) is 0 Å². The lowest BCUT2D eigenvalue weighted by Crippen LogP contribution is -2.37. The molecule has 0 saturated carbocycles. The third kappa shape index (κ3) is 1.48. The Labute approximate surface area is 131 Å². The van der Waals surface area contributed by atoms with E-state index in [2.05, 4.69) is 4.99 Å². The van der Waals surface area contributed by atoms with Gasteiger partial charge in [0.1, 0.15) is 36.7 Å². The minimum atomic E-state index is -1.07. The number of aliphatic hydroxyl groups excluding tert-OH is 1. The van der Waals surface area contributed by atoms with Crippen LogP contribution in [0, 0.1) is 0 Å². The van der Waals surface area contributed by atoms with Crippen LogP contribution < -0.4 is 14.2 Å². The predicted molar refractivity (Wildman–Crippen MR) is 80.5 cm³/mol. The summed E-state index contributed by atoms with van der Waals surface area (Å²) >= 11 is 0. The summed E-state index contributed by atoms with van der Waals surface area (Å²) in [7, 11) is 0. The molecule has 1 amide bonds. The van der Waals surface area contributed by atoms with Gasteiger partial charge in [-0.2, -0.15) is 0 Å². The van der Waals surface area contributed by atoms with Crippen LogP contribution in [-0.4, -0.2) is 36.5 Å². The average Bonchev–Trinajstić information content (AvgIpc) is 3.06. The van der Waals surface area contributed by atoms with Crippen molar-refractivity contribution in [2.45, 2.75) is 11.8 Å². The van der Waals surface area contributed by atoms with E-state index in [1.807, 2.05) is 0 Å². The average molecular weight is 311 g/mol. The van der Waals surface area contributed by atoms with E-state index in [4.69, 9.17) is 14.2 Å². The largest absolute Gasteiger partial charge is 0.508 e. The molecule has 1 spiro atoms. The second kappa shape index (κ2) is 4.16. The highest BCUT2D eigenvalue weighted by molar-refractivity contribution is 6.22. The molecular formula is C17H13NO5. The molecule has 0 saturated heterocycles. The van der Waals surface area contributed by atoms with Crippen molar-refractivity contribution in [3.8, 4) is 17.2 Å². The minimum Gasteiger partial charge on any atom is -0.508 e. The Bertz CT molecular complexity index is 851. The van der Waals surface area contributed by atoms with Crippen LogP contribution in [-0.2, 0) is 10.2 Å². The molecule has 1 atom stereocenters. The number of aliphatic hydroxyl groups is 1. The molecule has 6 heteroatoms. The number of aliphatic imine (C=N–C) groups is 1. The van der Waals surface area contributed by atoms with E-state index in [1.54, 1.807) is 24.3 Å². The number of hydrogen-bond donors (Lipinski definition) is 1. The van der Waals surface area contributed by atoms with E-state index < -0.39 is 5.41 Å². The van der Waals surface area contributed by atoms with Crippen molar-refractivity contribution in [3.63, 3.8) is 0 Å². The first-order valence-electron chi connectivity index (χ1n) is 7.50. The Kier molecular flexibility index (Phi) is 2.30. The molecule has 6 nitrogen and oxygen atoms in total. The molecule has 1 aromatic rings. The molecule has 1 unspecified atom stereocenters. The molecule has 1 N–H and O–H groups in total. The highest BCUT2D eigenvalue weighted by atomic mass is 16.6. The molecule has 3 heterocycles. The summed E-state index contributed by atoms with van der Waals surface area (Å²) in [5, 5.41) is 10.3. The van der Waals surface area contributed by atoms with Crippen LogP contribution in [0.2, 0.25) is 0 Å². The molecule has 23 heavy (non-hydrogen) atoms. The maximum atomic E-state index is 12.7. The first-order valence-corrected chi connectivity index (χ1v) is 7.50. The molecule has 0 bridgehead atoms. The zero-order valence-corrected chi connectivity index (χ0v) is 12.2. The summed E-state index contributed by atoms with van der Waals surface area (Å²) in [6, 6.07) is 3.53. The first-order chi connectivity index (χ1) is 11.2. The Morgan fingerprint density at radius 2 is 1.87 bits per heavy atom. The number of benzene rings is 1. The summed E-state index contributed by atoms with van der Waals surface area (Å²) in [6.45, 7) is 1.08. The maximum absolute atomic E-state index is 12.7. The standard InChI is InChI=1S/C17H13NO5/c19-11-3-1-2-10-15(11)17(16(20)18-10)8-23-12-7-14-13(6-9(12)17)21-4-5-22-14/h1,3,6-7,19H,2,4-5,8H2. The van der Waals surface area contributed by atoms with Gasteiger partial charge in [-0.05, 0) is 12.1 Å². The lowest BCUT2D eigenvalue weighted by Gasteiger charge is -2.25. The number of rotatable bonds is 0. The zero-order valence-electron chi connectivity index (χ0n) is 12.2. The summed E-state index contributed by atoms with van der Waals surface area (Å²) in [6.07, 6.45) is 3.95. The number of ether oxygens (including phenoxy) is 3. The quantitative estimate of drug-likeness (QED) is 0.791. The maximum Gasteiger partial charge on any atom is 0.264 e. The lowest BCUT2D eigenvalue weighted by molar-refractivity contribution is -0.121. The Morgan fingerprint density at radius 3 is 2.70 bits per heavy atom. The third-order valence-corrected chi connectivity index (χ3v) is 4.71. The van der Waals surface area contributed by atoms with Gasteiger partial charge >= 0.3 is 0 Å². The molecule has 4 aliphatic rings. The molecule has 116 valence electrons. The van der Waals surface area contributed by atoms with Crippen LogP contribution in [0.1, 0.15) is 12.0 Å². The second-order valence-electron chi connectivity index (χ2n) is 5.92. The lowest BCUT2D eigenvalue weighted by atomic mass is 9.73. The molecule has 0 aromatic heterocycles. The fraction of sp³-hybridized carbons (Fsp3) is 0.294. The smallest absolute Gasteiger partial charge is 0.264 e. The Morgan fingerprint density at radius 1 is 1.09 bits per heavy atom. The number of fused-ring (bicyclic) bond motifs is 5. The SMILES string of the molecule is O=C1N=C2CC=CC(O)=C2C12COc1cc3c(cc12)OCCO3. The minimum absolute atomic E-state index is 0.0761. The van der Waals surface area contributed by atoms with Gasteiger partial charge in [0.2, 0.25) is 0 Å². The van der Waals surface area contributed by atoms with Crippen molar-refractivity contribution in [2.24, 2.45) is 4.99 Å². The normalized spacial score (nSPS) is 27.0. The van der Waals surface area contributed by atoms with Gasteiger partial charge in [-0.15, -0.1) is 0 Å². The van der Waals surface area contributed by atoms with Crippen LogP contribution in [0.4, 0.5) is 0 Å². The monoisotopic (exact) mass is 311 g/mol. The third-order valence-electron chi connectivity index (χ3n) is 4.71. The molecule has 0 fully saturated rings. The highest BCUT2D eigenvalue weighted by Crippen LogP contribution is 2.53. The van der Waals surface area contributed by atoms with E-state index >= 15 is 0 Å². The van der Waals surface area contributed by atoms with Crippen molar-refractivity contribution >= 4 is 11.6 Å². The fourth-order valence-electron chi connectivity index (χ4n) is 3.68. The van der Waals surface area contributed by atoms with Crippen molar-refractivity contribution < 1.29 is 24.1 Å². The number of carbonyl (C=O) groups excluding carboxylic acids is 1. The molecule has 1 aromatic carbocycles. The van der Waals surface area contributed by atoms with Crippen LogP contribution >= 0.6 is 0 Å². The number of hydrogen-bond acceptors (Lipinski definition) is 5. The molecule has 1 aliphatic carbocycles. The fourth-order valence-corrected chi connectivity index (χ4v) is 3.68. The van der Waals surface area contributed by atoms with Gasteiger partial charge in [0.15, 0.2) is 11.5 Å². The van der Waals surface area contributed by atoms with E-state index in [9.17, 15) is 9.90 Å². The van der Waals surface area contributed by atoms with Gasteiger partial charge < -0.3 is 19.3 Å². The van der Waals surface area contributed by atoms with Gasteiger partial charge in [0, 0.05) is 23.6 Å². The van der Waals surface area contributed by atoms with Crippen molar-refractivity contribution in [3.05, 3.63) is 41.2 Å². The summed E-state index contributed by atoms with van der Waals surface area (Å²) in [5.74, 6) is 1.56. The van der Waals surface area contributed by atoms with E-state index in [1.165, 1.54) is 0 Å². The molecular weight excluding hydrogens is 298 g/mol. The van der Waals surface area contributed by atoms with Gasteiger partial charge in [-0.3, -0.25) is 4.79 Å². The predicted octanol–water partition coefficient (Wildman–Crippen LogP) is 1.84. The van der Waals surface area contributed by atoms with Gasteiger partial charge in [0.05, 0.1) is 5.71 Å². The first kappa shape index (κ1) is 12.8. The van der Waals surface area contributed by atoms with Gasteiger partial charge in [-0.25, -0.2) is 4.99 Å². The van der Waals surface area contributed by atoms with Gasteiger partial charge in [-0.1, -0.05) is 6.08 Å². The van der Waals surface area contributed by atoms with Crippen LogP contribution in [0.5, 0.6) is 17.2 Å². The second-order valence-corrected chi connectivity index (χ2v) is 5.92. The van der Waals surface area contributed by atoms with Crippen LogP contribution in [0.3, 0.4) is 0 Å². The van der Waals surface area contributed by atoms with Crippen molar-refractivity contribution in [1.29, 1.82) is 0 Å². The Balaban J connectivity index is 1.75. The molecule has 3 aliphatic heterocycles. The summed E-state index contributed by atoms with van der Waals surface area (Å²) < 4.78 is 17.0. The molecule has 5 rings (SSSR count). The topological polar surface area (TPSA) is 77.4 Å². The van der Waals surface area contributed by atoms with E-state index in [-0.39, 0.29) is 18.3 Å². The van der Waals surface area contributed by atoms with Crippen molar-refractivity contribution in [2.75, 3.05) is 19.8 Å².